The first kappa shape index (κ1) is 15.5. The van der Waals surface area contributed by atoms with E-state index in [0.717, 1.165) is 0 Å². The number of unbranched alkanes of at least 4 members (excludes halogenated alkanes) is 5. The van der Waals surface area contributed by atoms with Crippen LogP contribution in [0.1, 0.15) is 59.3 Å². The van der Waals surface area contributed by atoms with Gasteiger partial charge in [0, 0.05) is 0 Å². The summed E-state index contributed by atoms with van der Waals surface area (Å²) in [5.41, 5.74) is 0. The van der Waals surface area contributed by atoms with E-state index in [0.29, 0.717) is 6.61 Å². The van der Waals surface area contributed by atoms with Gasteiger partial charge in [-0.1, -0.05) is 52.4 Å². The Hall–Kier alpha value is 0.0600. The summed E-state index contributed by atoms with van der Waals surface area (Å²) in [7, 11) is -0.592. The summed E-state index contributed by atoms with van der Waals surface area (Å²) in [6.07, 6.45) is 8.49. The maximum absolute atomic E-state index is 9.34. The molecule has 0 aliphatic rings. The SMILES string of the molecule is CCCCCCCC.CCO[PH+]=O. The summed E-state index contributed by atoms with van der Waals surface area (Å²) in [5.74, 6) is 0. The summed E-state index contributed by atoms with van der Waals surface area (Å²) >= 11 is 0. The summed E-state index contributed by atoms with van der Waals surface area (Å²) in [4.78, 5) is 0. The van der Waals surface area contributed by atoms with E-state index in [-0.39, 0.29) is 0 Å². The molecule has 0 amide bonds. The molecule has 0 fully saturated rings. The van der Waals surface area contributed by atoms with Gasteiger partial charge >= 0.3 is 8.69 Å². The molecule has 0 bridgehead atoms. The third-order valence-electron chi connectivity index (χ3n) is 1.66. The van der Waals surface area contributed by atoms with E-state index in [1.54, 1.807) is 6.92 Å². The minimum atomic E-state index is -0.592. The van der Waals surface area contributed by atoms with Crippen molar-refractivity contribution in [2.24, 2.45) is 0 Å². The van der Waals surface area contributed by atoms with Crippen molar-refractivity contribution >= 4 is 8.69 Å². The van der Waals surface area contributed by atoms with Crippen molar-refractivity contribution < 1.29 is 9.09 Å². The van der Waals surface area contributed by atoms with E-state index in [9.17, 15) is 4.57 Å². The molecule has 2 nitrogen and oxygen atoms in total. The molecule has 1 atom stereocenters. The summed E-state index contributed by atoms with van der Waals surface area (Å²) in [6, 6.07) is 0. The van der Waals surface area contributed by atoms with Crippen LogP contribution in [0.25, 0.3) is 0 Å². The zero-order chi connectivity index (χ0) is 10.4. The molecule has 0 N–H and O–H groups in total. The molecule has 80 valence electrons. The Kier molecular flexibility index (Phi) is 21.5. The van der Waals surface area contributed by atoms with Crippen LogP contribution in [0.2, 0.25) is 0 Å². The summed E-state index contributed by atoms with van der Waals surface area (Å²) in [5, 5.41) is 0. The summed E-state index contributed by atoms with van der Waals surface area (Å²) in [6.45, 7) is 6.85. The third-order valence-corrected chi connectivity index (χ3v) is 2.07. The zero-order valence-corrected chi connectivity index (χ0v) is 10.3. The fraction of sp³-hybridized carbons (Fsp3) is 1.00. The van der Waals surface area contributed by atoms with E-state index in [1.807, 2.05) is 0 Å². The van der Waals surface area contributed by atoms with Crippen molar-refractivity contribution in [2.75, 3.05) is 6.61 Å². The second kappa shape index (κ2) is 18.0. The fourth-order valence-electron chi connectivity index (χ4n) is 0.912. The van der Waals surface area contributed by atoms with Gasteiger partial charge in [0.15, 0.2) is 0 Å². The predicted molar refractivity (Wildman–Crippen MR) is 59.7 cm³/mol. The van der Waals surface area contributed by atoms with Gasteiger partial charge in [0.05, 0.1) is 6.61 Å². The van der Waals surface area contributed by atoms with Gasteiger partial charge in [0.1, 0.15) is 0 Å². The molecule has 0 saturated carbocycles. The number of hydrogen-bond donors (Lipinski definition) is 0. The highest BCUT2D eigenvalue weighted by atomic mass is 31.1. The van der Waals surface area contributed by atoms with Gasteiger partial charge in [-0.2, -0.15) is 0 Å². The molecule has 13 heavy (non-hydrogen) atoms. The molecule has 0 saturated heterocycles. The molecule has 0 radical (unpaired) electrons. The maximum atomic E-state index is 9.34. The van der Waals surface area contributed by atoms with E-state index in [2.05, 4.69) is 18.4 Å². The minimum absolute atomic E-state index is 0.544. The highest BCUT2D eigenvalue weighted by molar-refractivity contribution is 7.17. The quantitative estimate of drug-likeness (QED) is 0.459. The lowest BCUT2D eigenvalue weighted by Crippen LogP contribution is -1.73. The molecular weight excluding hydrogens is 183 g/mol. The van der Waals surface area contributed by atoms with Gasteiger partial charge in [-0.15, -0.1) is 4.52 Å². The van der Waals surface area contributed by atoms with Crippen LogP contribution < -0.4 is 0 Å². The average Bonchev–Trinajstić information content (AvgIpc) is 2.15. The molecule has 0 aromatic carbocycles. The molecule has 0 heterocycles. The molecule has 0 aliphatic heterocycles. The van der Waals surface area contributed by atoms with Crippen LogP contribution in [-0.4, -0.2) is 6.61 Å². The van der Waals surface area contributed by atoms with Crippen molar-refractivity contribution in [1.82, 2.24) is 0 Å². The Morgan fingerprint density at radius 3 is 1.54 bits per heavy atom. The van der Waals surface area contributed by atoms with Crippen LogP contribution in [0.4, 0.5) is 0 Å². The molecule has 1 unspecified atom stereocenters. The van der Waals surface area contributed by atoms with Gasteiger partial charge in [-0.25, -0.2) is 0 Å². The number of rotatable bonds is 7. The smallest absolute Gasteiger partial charge is 0.148 e. The van der Waals surface area contributed by atoms with Crippen LogP contribution in [-0.2, 0) is 9.09 Å². The lowest BCUT2D eigenvalue weighted by molar-refractivity contribution is 0.365. The van der Waals surface area contributed by atoms with Gasteiger partial charge in [0.25, 0.3) is 0 Å². The Bertz CT molecular complexity index is 81.0. The van der Waals surface area contributed by atoms with Crippen molar-refractivity contribution in [1.29, 1.82) is 0 Å². The lowest BCUT2D eigenvalue weighted by atomic mass is 10.1. The van der Waals surface area contributed by atoms with Crippen LogP contribution >= 0.6 is 8.69 Å². The maximum Gasteiger partial charge on any atom is 0.494 e. The highest BCUT2D eigenvalue weighted by Gasteiger charge is 1.83. The normalized spacial score (nSPS) is 9.46. The van der Waals surface area contributed by atoms with Crippen LogP contribution in [0.3, 0.4) is 0 Å². The van der Waals surface area contributed by atoms with Crippen molar-refractivity contribution in [3.8, 4) is 0 Å². The highest BCUT2D eigenvalue weighted by Crippen LogP contribution is 2.03. The molecule has 0 aliphatic carbocycles. The topological polar surface area (TPSA) is 26.3 Å². The molecule has 0 aromatic heterocycles. The van der Waals surface area contributed by atoms with Crippen LogP contribution in [0, 0.1) is 0 Å². The largest absolute Gasteiger partial charge is 0.494 e. The van der Waals surface area contributed by atoms with Crippen LogP contribution in [0.15, 0.2) is 0 Å². The second-order valence-corrected chi connectivity index (χ2v) is 3.39. The van der Waals surface area contributed by atoms with Crippen LogP contribution in [0.5, 0.6) is 0 Å². The Morgan fingerprint density at radius 2 is 1.38 bits per heavy atom. The average molecular weight is 207 g/mol. The second-order valence-electron chi connectivity index (χ2n) is 2.93. The van der Waals surface area contributed by atoms with Crippen molar-refractivity contribution in [3.63, 3.8) is 0 Å². The van der Waals surface area contributed by atoms with Gasteiger partial charge in [0.2, 0.25) is 0 Å². The number of hydrogen-bond acceptors (Lipinski definition) is 2. The standard InChI is InChI=1S/C8H18.C2H6O2P/c1-3-5-7-8-6-4-2;1-2-4-5-3/h3-8H2,1-2H3;5H,2H2,1H3/q;+1. The minimum Gasteiger partial charge on any atom is -0.148 e. The monoisotopic (exact) mass is 207 g/mol. The first-order valence-electron chi connectivity index (χ1n) is 5.32. The Morgan fingerprint density at radius 1 is 0.923 bits per heavy atom. The lowest BCUT2D eigenvalue weighted by Gasteiger charge is -1.93. The first-order chi connectivity index (χ1) is 6.33. The summed E-state index contributed by atoms with van der Waals surface area (Å²) < 4.78 is 13.6. The van der Waals surface area contributed by atoms with Crippen molar-refractivity contribution in [2.45, 2.75) is 59.3 Å². The van der Waals surface area contributed by atoms with E-state index >= 15 is 0 Å². The molecule has 0 aromatic rings. The van der Waals surface area contributed by atoms with Gasteiger partial charge < -0.3 is 0 Å². The third kappa shape index (κ3) is 24.5. The predicted octanol–water partition coefficient (Wildman–Crippen LogP) is 4.33. The van der Waals surface area contributed by atoms with Crippen molar-refractivity contribution in [3.05, 3.63) is 0 Å². The molecule has 0 spiro atoms. The molecule has 0 rings (SSSR count). The molecule has 3 heteroatoms. The van der Waals surface area contributed by atoms with E-state index in [4.69, 9.17) is 0 Å². The zero-order valence-electron chi connectivity index (χ0n) is 9.27. The van der Waals surface area contributed by atoms with E-state index in [1.165, 1.54) is 38.5 Å². The molecular formula is C10H24O2P+. The Labute approximate surface area is 84.3 Å². The van der Waals surface area contributed by atoms with E-state index < -0.39 is 8.69 Å². The van der Waals surface area contributed by atoms with Gasteiger partial charge in [-0.05, 0) is 11.5 Å². The van der Waals surface area contributed by atoms with Gasteiger partial charge in [-0.3, -0.25) is 0 Å². The fourth-order valence-corrected chi connectivity index (χ4v) is 1.03. The Balaban J connectivity index is 0. The first-order valence-corrected chi connectivity index (χ1v) is 6.13.